The molecule has 36 heavy (non-hydrogen) atoms. The number of fused-ring (bicyclic) bond motifs is 1. The molecule has 4 aromatic rings. The first-order chi connectivity index (χ1) is 17.4. The van der Waals surface area contributed by atoms with Gasteiger partial charge in [-0.15, -0.1) is 11.3 Å². The number of benzene rings is 2. The average Bonchev–Trinajstić information content (AvgIpc) is 3.23. The molecule has 0 aliphatic carbocycles. The van der Waals surface area contributed by atoms with Gasteiger partial charge in [0.1, 0.15) is 27.2 Å². The van der Waals surface area contributed by atoms with Gasteiger partial charge in [-0.1, -0.05) is 30.3 Å². The third kappa shape index (κ3) is 4.01. The molecule has 1 fully saturated rings. The van der Waals surface area contributed by atoms with Crippen LogP contribution < -0.4 is 16.4 Å². The van der Waals surface area contributed by atoms with Crippen molar-refractivity contribution in [2.75, 3.05) is 42.5 Å². The molecule has 3 heterocycles. The van der Waals surface area contributed by atoms with E-state index < -0.39 is 0 Å². The molecule has 5 rings (SSSR count). The lowest BCUT2D eigenvalue weighted by molar-refractivity contribution is 0.0752. The lowest BCUT2D eigenvalue weighted by Gasteiger charge is -2.36. The van der Waals surface area contributed by atoms with E-state index in [0.717, 1.165) is 11.3 Å². The number of thiophene rings is 1. The summed E-state index contributed by atoms with van der Waals surface area (Å²) < 4.78 is 0. The standard InChI is InChI=1S/C27H24N6O2S/c1-16(34)17-7-9-19(10-8-17)32-11-13-33(14-12-32)27(35)24-23(29)22-21(18-5-3-2-4-6-18)20(15-28)25(30)31-26(22)36-24/h2-10H,11-14,29H2,1H3,(H2,30,31). The topological polar surface area (TPSA) is 129 Å². The predicted molar refractivity (Wildman–Crippen MR) is 143 cm³/mol. The van der Waals surface area contributed by atoms with Gasteiger partial charge >= 0.3 is 0 Å². The van der Waals surface area contributed by atoms with Crippen molar-refractivity contribution in [1.29, 1.82) is 5.26 Å². The Kier molecular flexibility index (Phi) is 6.04. The zero-order valence-electron chi connectivity index (χ0n) is 19.7. The largest absolute Gasteiger partial charge is 0.397 e. The second-order valence-corrected chi connectivity index (χ2v) is 9.63. The van der Waals surface area contributed by atoms with E-state index in [9.17, 15) is 14.9 Å². The van der Waals surface area contributed by atoms with E-state index in [0.29, 0.717) is 58.1 Å². The van der Waals surface area contributed by atoms with Crippen LogP contribution in [0.5, 0.6) is 0 Å². The quantitative estimate of drug-likeness (QED) is 0.406. The second kappa shape index (κ2) is 9.32. The van der Waals surface area contributed by atoms with E-state index in [2.05, 4.69) is 16.0 Å². The highest BCUT2D eigenvalue weighted by atomic mass is 32.1. The maximum Gasteiger partial charge on any atom is 0.266 e. The van der Waals surface area contributed by atoms with Crippen LogP contribution in [0.4, 0.5) is 17.2 Å². The summed E-state index contributed by atoms with van der Waals surface area (Å²) in [6, 6.07) is 19.1. The fourth-order valence-electron chi connectivity index (χ4n) is 4.55. The lowest BCUT2D eigenvalue weighted by Crippen LogP contribution is -2.48. The van der Waals surface area contributed by atoms with Gasteiger partial charge in [-0.25, -0.2) is 4.98 Å². The van der Waals surface area contributed by atoms with Crippen molar-refractivity contribution in [1.82, 2.24) is 9.88 Å². The van der Waals surface area contributed by atoms with Crippen LogP contribution in [0.2, 0.25) is 0 Å². The predicted octanol–water partition coefficient (Wildman–Crippen LogP) is 4.16. The highest BCUT2D eigenvalue weighted by molar-refractivity contribution is 7.21. The molecule has 1 aliphatic heterocycles. The normalized spacial score (nSPS) is 13.6. The number of carbonyl (C=O) groups excluding carboxylic acids is 2. The van der Waals surface area contributed by atoms with E-state index in [-0.39, 0.29) is 23.1 Å². The van der Waals surface area contributed by atoms with Gasteiger partial charge in [0.25, 0.3) is 5.91 Å². The van der Waals surface area contributed by atoms with E-state index in [4.69, 9.17) is 11.5 Å². The number of nitrogens with zero attached hydrogens (tertiary/aromatic N) is 4. The maximum atomic E-state index is 13.5. The summed E-state index contributed by atoms with van der Waals surface area (Å²) in [4.78, 5) is 34.4. The molecule has 0 unspecified atom stereocenters. The van der Waals surface area contributed by atoms with E-state index >= 15 is 0 Å². The number of piperazine rings is 1. The van der Waals surface area contributed by atoms with Gasteiger partial charge in [-0.05, 0) is 36.8 Å². The Morgan fingerprint density at radius 1 is 1.00 bits per heavy atom. The average molecular weight is 497 g/mol. The lowest BCUT2D eigenvalue weighted by atomic mass is 9.97. The number of ketones is 1. The number of nitrogen functional groups attached to an aromatic ring is 2. The molecule has 2 aromatic carbocycles. The summed E-state index contributed by atoms with van der Waals surface area (Å²) in [7, 11) is 0. The number of nitrogens with two attached hydrogens (primary N) is 2. The molecule has 1 aliphatic rings. The Bertz CT molecular complexity index is 1510. The first-order valence-corrected chi connectivity index (χ1v) is 12.3. The van der Waals surface area contributed by atoms with Crippen LogP contribution in [-0.4, -0.2) is 47.8 Å². The SMILES string of the molecule is CC(=O)c1ccc(N2CCN(C(=O)c3sc4nc(N)c(C#N)c(-c5ccccc5)c4c3N)CC2)cc1. The summed E-state index contributed by atoms with van der Waals surface area (Å²) in [5, 5.41) is 10.4. The number of carbonyl (C=O) groups is 2. The molecule has 0 atom stereocenters. The van der Waals surface area contributed by atoms with Crippen LogP contribution in [0.25, 0.3) is 21.3 Å². The Morgan fingerprint density at radius 2 is 1.67 bits per heavy atom. The Labute approximate surface area is 212 Å². The minimum atomic E-state index is -0.154. The number of hydrogen-bond donors (Lipinski definition) is 2. The molecular formula is C27H24N6O2S. The number of aromatic nitrogens is 1. The van der Waals surface area contributed by atoms with Crippen LogP contribution in [0.15, 0.2) is 54.6 Å². The summed E-state index contributed by atoms with van der Waals surface area (Å²) in [5.41, 5.74) is 16.3. The number of amides is 1. The third-order valence-electron chi connectivity index (χ3n) is 6.48. The fraction of sp³-hybridized carbons (Fsp3) is 0.185. The van der Waals surface area contributed by atoms with Crippen molar-refractivity contribution < 1.29 is 9.59 Å². The Hall–Kier alpha value is -4.42. The van der Waals surface area contributed by atoms with Crippen molar-refractivity contribution in [3.05, 3.63) is 70.6 Å². The molecule has 4 N–H and O–H groups in total. The smallest absolute Gasteiger partial charge is 0.266 e. The van der Waals surface area contributed by atoms with E-state index in [1.165, 1.54) is 11.3 Å². The molecule has 0 spiro atoms. The van der Waals surface area contributed by atoms with Gasteiger partial charge in [-0.3, -0.25) is 9.59 Å². The minimum Gasteiger partial charge on any atom is -0.397 e. The molecule has 0 bridgehead atoms. The molecular weight excluding hydrogens is 472 g/mol. The summed E-state index contributed by atoms with van der Waals surface area (Å²) >= 11 is 1.21. The van der Waals surface area contributed by atoms with Gasteiger partial charge in [0.05, 0.1) is 5.69 Å². The van der Waals surface area contributed by atoms with Crippen molar-refractivity contribution >= 4 is 50.4 Å². The molecule has 9 heteroatoms. The van der Waals surface area contributed by atoms with Crippen molar-refractivity contribution in [2.24, 2.45) is 0 Å². The van der Waals surface area contributed by atoms with Crippen molar-refractivity contribution in [3.8, 4) is 17.2 Å². The van der Waals surface area contributed by atoms with E-state index in [1.54, 1.807) is 11.8 Å². The zero-order valence-corrected chi connectivity index (χ0v) is 20.5. The van der Waals surface area contributed by atoms with Crippen LogP contribution in [0.3, 0.4) is 0 Å². The number of anilines is 3. The molecule has 0 radical (unpaired) electrons. The molecule has 1 amide bonds. The maximum absolute atomic E-state index is 13.5. The third-order valence-corrected chi connectivity index (χ3v) is 7.57. The number of rotatable bonds is 4. The van der Waals surface area contributed by atoms with Gasteiger partial charge in [0, 0.05) is 48.4 Å². The Balaban J connectivity index is 1.43. The molecule has 0 saturated carbocycles. The van der Waals surface area contributed by atoms with Crippen LogP contribution in [0.1, 0.15) is 32.5 Å². The van der Waals surface area contributed by atoms with Crippen molar-refractivity contribution in [3.63, 3.8) is 0 Å². The fourth-order valence-corrected chi connectivity index (χ4v) is 5.63. The molecule has 1 saturated heterocycles. The molecule has 2 aromatic heterocycles. The van der Waals surface area contributed by atoms with Gasteiger partial charge in [0.15, 0.2) is 5.78 Å². The molecule has 180 valence electrons. The second-order valence-electron chi connectivity index (χ2n) is 8.63. The van der Waals surface area contributed by atoms with Gasteiger partial charge < -0.3 is 21.3 Å². The highest BCUT2D eigenvalue weighted by Gasteiger charge is 2.28. The number of hydrogen-bond acceptors (Lipinski definition) is 8. The van der Waals surface area contributed by atoms with Crippen LogP contribution in [-0.2, 0) is 0 Å². The van der Waals surface area contributed by atoms with Gasteiger partial charge in [0.2, 0.25) is 0 Å². The number of nitriles is 1. The first kappa shape index (κ1) is 23.3. The van der Waals surface area contributed by atoms with Crippen molar-refractivity contribution in [2.45, 2.75) is 6.92 Å². The Morgan fingerprint density at radius 3 is 2.28 bits per heavy atom. The van der Waals surface area contributed by atoms with E-state index in [1.807, 2.05) is 54.6 Å². The summed E-state index contributed by atoms with van der Waals surface area (Å²) in [5.74, 6) is -0.00174. The number of Topliss-reactive ketones (excluding diaryl/α,β-unsaturated/α-hetero) is 1. The monoisotopic (exact) mass is 496 g/mol. The summed E-state index contributed by atoms with van der Waals surface area (Å²) in [6.45, 7) is 3.94. The van der Waals surface area contributed by atoms with Gasteiger partial charge in [-0.2, -0.15) is 5.26 Å². The highest BCUT2D eigenvalue weighted by Crippen LogP contribution is 2.43. The van der Waals surface area contributed by atoms with Crippen LogP contribution >= 0.6 is 11.3 Å². The van der Waals surface area contributed by atoms with Crippen LogP contribution in [0, 0.1) is 11.3 Å². The molecule has 8 nitrogen and oxygen atoms in total. The summed E-state index contributed by atoms with van der Waals surface area (Å²) in [6.07, 6.45) is 0. The zero-order chi connectivity index (χ0) is 25.4. The minimum absolute atomic E-state index is 0.0337. The first-order valence-electron chi connectivity index (χ1n) is 11.5. The number of pyridine rings is 1.